The summed E-state index contributed by atoms with van der Waals surface area (Å²) in [7, 11) is 3.50. The summed E-state index contributed by atoms with van der Waals surface area (Å²) in [5.74, 6) is 3.11. The van der Waals surface area contributed by atoms with Crippen LogP contribution in [0, 0.1) is 6.92 Å². The van der Waals surface area contributed by atoms with Gasteiger partial charge in [0.2, 0.25) is 5.91 Å². The van der Waals surface area contributed by atoms with Crippen LogP contribution in [-0.4, -0.2) is 97.6 Å². The van der Waals surface area contributed by atoms with Crippen molar-refractivity contribution in [1.29, 1.82) is 0 Å². The molecule has 2 heterocycles. The minimum Gasteiger partial charge on any atom is -0.491 e. The zero-order valence-corrected chi connectivity index (χ0v) is 22.4. The van der Waals surface area contributed by atoms with Crippen LogP contribution in [0.2, 0.25) is 0 Å². The van der Waals surface area contributed by atoms with Gasteiger partial charge in [-0.15, -0.1) is 0 Å². The van der Waals surface area contributed by atoms with Gasteiger partial charge < -0.3 is 35.0 Å². The van der Waals surface area contributed by atoms with Gasteiger partial charge >= 0.3 is 0 Å². The molecule has 1 unspecified atom stereocenters. The summed E-state index contributed by atoms with van der Waals surface area (Å²) >= 11 is 0. The highest BCUT2D eigenvalue weighted by molar-refractivity contribution is 5.75. The highest BCUT2D eigenvalue weighted by Crippen LogP contribution is 2.47. The van der Waals surface area contributed by atoms with Crippen LogP contribution in [-0.2, 0) is 9.53 Å². The van der Waals surface area contributed by atoms with E-state index in [0.717, 1.165) is 61.7 Å². The number of nitrogens with one attached hydrogen (secondary N) is 2. The van der Waals surface area contributed by atoms with Crippen molar-refractivity contribution in [3.8, 4) is 17.1 Å². The first-order valence-corrected chi connectivity index (χ1v) is 13.1. The molecule has 2 fully saturated rings. The van der Waals surface area contributed by atoms with E-state index in [4.69, 9.17) is 19.4 Å². The zero-order valence-electron chi connectivity index (χ0n) is 22.4. The third kappa shape index (κ3) is 6.49. The second-order valence-corrected chi connectivity index (χ2v) is 9.98. The largest absolute Gasteiger partial charge is 0.491 e. The molecule has 2 aliphatic rings. The van der Waals surface area contributed by atoms with Crippen LogP contribution >= 0.6 is 0 Å². The molecule has 1 atom stereocenters. The van der Waals surface area contributed by atoms with Crippen LogP contribution < -0.4 is 20.3 Å². The highest BCUT2D eigenvalue weighted by atomic mass is 16.5. The van der Waals surface area contributed by atoms with Crippen LogP contribution in [0.5, 0.6) is 5.75 Å². The molecule has 2 aromatic rings. The molecule has 10 nitrogen and oxygen atoms in total. The van der Waals surface area contributed by atoms with E-state index in [0.29, 0.717) is 31.3 Å². The fourth-order valence-corrected chi connectivity index (χ4v) is 4.85. The van der Waals surface area contributed by atoms with Gasteiger partial charge in [0.25, 0.3) is 0 Å². The standard InChI is InChI=1S/C27H40N6O4/c1-19-24(29-11-6-14-36-4)30-25(21-7-5-8-23(15-21)37-17-22(35)16-28-3)31-26(19)33-13-12-32(20(2)34)18-27(33)9-10-27/h5,7-8,15,22,28,35H,6,9-14,16-18H2,1-4H3,(H,29,30,31). The Labute approximate surface area is 219 Å². The monoisotopic (exact) mass is 512 g/mol. The summed E-state index contributed by atoms with van der Waals surface area (Å²) in [6, 6.07) is 7.67. The minimum atomic E-state index is -0.595. The number of aromatic nitrogens is 2. The fourth-order valence-electron chi connectivity index (χ4n) is 4.85. The number of hydrogen-bond acceptors (Lipinski definition) is 9. The van der Waals surface area contributed by atoms with Gasteiger partial charge in [-0.25, -0.2) is 9.97 Å². The van der Waals surface area contributed by atoms with Crippen molar-refractivity contribution >= 4 is 17.5 Å². The molecule has 1 amide bonds. The average molecular weight is 513 g/mol. The van der Waals surface area contributed by atoms with Crippen LogP contribution in [0.4, 0.5) is 11.6 Å². The van der Waals surface area contributed by atoms with E-state index in [1.54, 1.807) is 21.1 Å². The number of anilines is 2. The molecule has 37 heavy (non-hydrogen) atoms. The Bertz CT molecular complexity index is 1080. The number of piperazine rings is 1. The summed E-state index contributed by atoms with van der Waals surface area (Å²) < 4.78 is 11.0. The zero-order chi connectivity index (χ0) is 26.4. The van der Waals surface area contributed by atoms with Gasteiger partial charge in [-0.3, -0.25) is 4.79 Å². The summed E-state index contributed by atoms with van der Waals surface area (Å²) in [5, 5.41) is 16.4. The number of hydrogen-bond donors (Lipinski definition) is 3. The van der Waals surface area contributed by atoms with Crippen LogP contribution in [0.15, 0.2) is 24.3 Å². The number of methoxy groups -OCH3 is 1. The van der Waals surface area contributed by atoms with Gasteiger partial charge in [-0.05, 0) is 45.4 Å². The smallest absolute Gasteiger partial charge is 0.219 e. The van der Waals surface area contributed by atoms with E-state index in [1.807, 2.05) is 29.2 Å². The maximum atomic E-state index is 12.1. The summed E-state index contributed by atoms with van der Waals surface area (Å²) in [6.07, 6.45) is 2.36. The van der Waals surface area contributed by atoms with Gasteiger partial charge in [0, 0.05) is 64.5 Å². The molecule has 1 aliphatic heterocycles. The molecular weight excluding hydrogens is 472 g/mol. The molecule has 0 bridgehead atoms. The summed E-state index contributed by atoms with van der Waals surface area (Å²) in [6.45, 7) is 7.93. The number of aliphatic hydroxyl groups excluding tert-OH is 1. The van der Waals surface area contributed by atoms with Crippen molar-refractivity contribution in [2.24, 2.45) is 0 Å². The van der Waals surface area contributed by atoms with Gasteiger partial charge in [-0.1, -0.05) is 12.1 Å². The van der Waals surface area contributed by atoms with E-state index in [-0.39, 0.29) is 18.1 Å². The molecular formula is C27H40N6O4. The van der Waals surface area contributed by atoms with Crippen molar-refractivity contribution in [3.63, 3.8) is 0 Å². The third-order valence-corrected chi connectivity index (χ3v) is 7.09. The van der Waals surface area contributed by atoms with Crippen molar-refractivity contribution in [2.45, 2.75) is 44.8 Å². The first-order chi connectivity index (χ1) is 17.9. The van der Waals surface area contributed by atoms with E-state index in [9.17, 15) is 9.90 Å². The Hall–Kier alpha value is -2.95. The molecule has 10 heteroatoms. The lowest BCUT2D eigenvalue weighted by Crippen LogP contribution is -2.56. The molecule has 1 aromatic carbocycles. The normalized spacial score (nSPS) is 17.1. The number of ether oxygens (including phenoxy) is 2. The minimum absolute atomic E-state index is 0.0535. The number of aliphatic hydroxyl groups is 1. The fraction of sp³-hybridized carbons (Fsp3) is 0.593. The average Bonchev–Trinajstić information content (AvgIpc) is 3.66. The molecule has 1 aromatic heterocycles. The second kappa shape index (κ2) is 12.1. The summed E-state index contributed by atoms with van der Waals surface area (Å²) in [5.41, 5.74) is 1.79. The first kappa shape index (κ1) is 27.1. The topological polar surface area (TPSA) is 112 Å². The lowest BCUT2D eigenvalue weighted by atomic mass is 10.1. The van der Waals surface area contributed by atoms with Gasteiger partial charge in [0.05, 0.1) is 5.54 Å². The van der Waals surface area contributed by atoms with Crippen LogP contribution in [0.3, 0.4) is 0 Å². The molecule has 1 aliphatic carbocycles. The number of carbonyl (C=O) groups excluding carboxylic acids is 1. The van der Waals surface area contributed by atoms with Gasteiger partial charge in [-0.2, -0.15) is 0 Å². The third-order valence-electron chi connectivity index (χ3n) is 7.09. The van der Waals surface area contributed by atoms with Crippen molar-refractivity contribution in [3.05, 3.63) is 29.8 Å². The number of rotatable bonds is 12. The second-order valence-electron chi connectivity index (χ2n) is 9.98. The Morgan fingerprint density at radius 2 is 2.08 bits per heavy atom. The highest BCUT2D eigenvalue weighted by Gasteiger charge is 2.52. The summed E-state index contributed by atoms with van der Waals surface area (Å²) in [4.78, 5) is 26.4. The predicted octanol–water partition coefficient (Wildman–Crippen LogP) is 2.06. The SMILES string of the molecule is CNCC(O)COc1cccc(-c2nc(NCCCOC)c(C)c(N3CCN(C(C)=O)CC34CC4)n2)c1. The number of amides is 1. The van der Waals surface area contributed by atoms with Crippen LogP contribution in [0.25, 0.3) is 11.4 Å². The molecule has 202 valence electrons. The van der Waals surface area contributed by atoms with Crippen molar-refractivity contribution < 1.29 is 19.4 Å². The number of carbonyl (C=O) groups is 1. The molecule has 1 saturated heterocycles. The molecule has 1 saturated carbocycles. The molecule has 4 rings (SSSR count). The van der Waals surface area contributed by atoms with Gasteiger partial charge in [0.15, 0.2) is 5.82 Å². The van der Waals surface area contributed by atoms with E-state index in [2.05, 4.69) is 22.5 Å². The number of benzene rings is 1. The molecule has 1 spiro atoms. The number of nitrogens with zero attached hydrogens (tertiary/aromatic N) is 4. The first-order valence-electron chi connectivity index (χ1n) is 13.1. The van der Waals surface area contributed by atoms with E-state index < -0.39 is 6.10 Å². The van der Waals surface area contributed by atoms with Crippen molar-refractivity contribution in [2.75, 3.05) is 70.3 Å². The Morgan fingerprint density at radius 1 is 1.27 bits per heavy atom. The lowest BCUT2D eigenvalue weighted by Gasteiger charge is -2.43. The van der Waals surface area contributed by atoms with Crippen molar-refractivity contribution in [1.82, 2.24) is 20.2 Å². The Kier molecular flexibility index (Phi) is 8.83. The Balaban J connectivity index is 1.64. The Morgan fingerprint density at radius 3 is 2.78 bits per heavy atom. The maximum Gasteiger partial charge on any atom is 0.219 e. The molecule has 0 radical (unpaired) electrons. The predicted molar refractivity (Wildman–Crippen MR) is 144 cm³/mol. The molecule has 3 N–H and O–H groups in total. The number of likely N-dealkylation sites (N-methyl/N-ethyl adjacent to an activating group) is 1. The quantitative estimate of drug-likeness (QED) is 0.368. The van der Waals surface area contributed by atoms with E-state index >= 15 is 0 Å². The maximum absolute atomic E-state index is 12.1. The van der Waals surface area contributed by atoms with E-state index in [1.165, 1.54) is 0 Å². The van der Waals surface area contributed by atoms with Gasteiger partial charge in [0.1, 0.15) is 30.1 Å². The lowest BCUT2D eigenvalue weighted by molar-refractivity contribution is -0.129. The van der Waals surface area contributed by atoms with Crippen LogP contribution in [0.1, 0.15) is 31.7 Å².